The van der Waals surface area contributed by atoms with Crippen LogP contribution < -0.4 is 0 Å². The Bertz CT molecular complexity index is 722. The summed E-state index contributed by atoms with van der Waals surface area (Å²) in [7, 11) is 0. The summed E-state index contributed by atoms with van der Waals surface area (Å²) in [6.45, 7) is 2.09. The molecule has 3 nitrogen and oxygen atoms in total. The quantitative estimate of drug-likeness (QED) is 0.717. The molecule has 0 atom stereocenters. The lowest BCUT2D eigenvalue weighted by atomic mass is 10.3. The topological polar surface area (TPSA) is 33.6 Å². The summed E-state index contributed by atoms with van der Waals surface area (Å²) in [4.78, 5) is 2.38. The van der Waals surface area contributed by atoms with E-state index >= 15 is 0 Å². The highest BCUT2D eigenvalue weighted by Gasteiger charge is 2.11. The summed E-state index contributed by atoms with van der Waals surface area (Å²) in [5.41, 5.74) is 1.03. The minimum absolute atomic E-state index is 0.613. The molecule has 0 radical (unpaired) electrons. The van der Waals surface area contributed by atoms with Gasteiger partial charge in [0, 0.05) is 10.6 Å². The molecular weight excluding hydrogens is 262 g/mol. The van der Waals surface area contributed by atoms with Crippen molar-refractivity contribution < 1.29 is 0 Å². The zero-order chi connectivity index (χ0) is 12.5. The Morgan fingerprint density at radius 3 is 2.61 bits per heavy atom. The van der Waals surface area contributed by atoms with E-state index in [1.165, 1.54) is 4.88 Å². The molecule has 90 valence electrons. The van der Waals surface area contributed by atoms with Crippen molar-refractivity contribution in [3.05, 3.63) is 52.1 Å². The molecule has 1 aromatic carbocycles. The van der Waals surface area contributed by atoms with Gasteiger partial charge in [0.1, 0.15) is 0 Å². The molecule has 3 aromatic rings. The van der Waals surface area contributed by atoms with Gasteiger partial charge in [0.05, 0.1) is 4.88 Å². The Balaban J connectivity index is 2.22. The molecule has 5 heteroatoms. The van der Waals surface area contributed by atoms with Crippen LogP contribution in [0.5, 0.6) is 0 Å². The number of H-pyrrole nitrogens is 1. The first kappa shape index (κ1) is 11.4. The lowest BCUT2D eigenvalue weighted by Gasteiger charge is -2.04. The van der Waals surface area contributed by atoms with Gasteiger partial charge in [-0.05, 0) is 43.4 Å². The fraction of sp³-hybridized carbons (Fsp3) is 0.0769. The van der Waals surface area contributed by atoms with E-state index in [1.807, 2.05) is 34.9 Å². The zero-order valence-electron chi connectivity index (χ0n) is 9.75. The number of aromatic amines is 1. The molecule has 0 unspecified atom stereocenters. The third kappa shape index (κ3) is 1.91. The van der Waals surface area contributed by atoms with Gasteiger partial charge in [-0.1, -0.05) is 18.2 Å². The van der Waals surface area contributed by atoms with Gasteiger partial charge in [-0.3, -0.25) is 9.67 Å². The maximum atomic E-state index is 5.31. The van der Waals surface area contributed by atoms with Crippen molar-refractivity contribution in [2.24, 2.45) is 0 Å². The SMILES string of the molecule is Cc1ccc(-c2n[nH]c(=S)n2-c2ccccc2)s1. The number of hydrogen-bond acceptors (Lipinski definition) is 3. The maximum Gasteiger partial charge on any atom is 0.200 e. The first-order valence-corrected chi connectivity index (χ1v) is 6.78. The van der Waals surface area contributed by atoms with Gasteiger partial charge in [-0.25, -0.2) is 0 Å². The first-order chi connectivity index (χ1) is 8.75. The Morgan fingerprint density at radius 2 is 1.94 bits per heavy atom. The molecule has 0 bridgehead atoms. The molecule has 0 aliphatic carbocycles. The molecular formula is C13H11N3S2. The number of thiophene rings is 1. The van der Waals surface area contributed by atoms with E-state index in [9.17, 15) is 0 Å². The van der Waals surface area contributed by atoms with Crippen molar-refractivity contribution >= 4 is 23.6 Å². The van der Waals surface area contributed by atoms with Crippen LogP contribution in [0, 0.1) is 11.7 Å². The van der Waals surface area contributed by atoms with E-state index in [-0.39, 0.29) is 0 Å². The summed E-state index contributed by atoms with van der Waals surface area (Å²) in [6, 6.07) is 14.2. The predicted octanol–water partition coefficient (Wildman–Crippen LogP) is 3.97. The Morgan fingerprint density at radius 1 is 1.17 bits per heavy atom. The van der Waals surface area contributed by atoms with Crippen molar-refractivity contribution in [1.82, 2.24) is 14.8 Å². The summed E-state index contributed by atoms with van der Waals surface area (Å²) in [5, 5.41) is 7.20. The lowest BCUT2D eigenvalue weighted by Crippen LogP contribution is -1.95. The average Bonchev–Trinajstić information content (AvgIpc) is 2.96. The molecule has 0 amide bonds. The van der Waals surface area contributed by atoms with Crippen LogP contribution >= 0.6 is 23.6 Å². The number of aryl methyl sites for hydroxylation is 1. The van der Waals surface area contributed by atoms with Crippen LogP contribution in [-0.2, 0) is 0 Å². The normalized spacial score (nSPS) is 10.7. The number of rotatable bonds is 2. The number of nitrogens with zero attached hydrogens (tertiary/aromatic N) is 2. The molecule has 0 fully saturated rings. The van der Waals surface area contributed by atoms with Crippen LogP contribution in [0.3, 0.4) is 0 Å². The predicted molar refractivity (Wildman–Crippen MR) is 76.8 cm³/mol. The number of nitrogens with one attached hydrogen (secondary N) is 1. The fourth-order valence-electron chi connectivity index (χ4n) is 1.83. The molecule has 1 N–H and O–H groups in total. The van der Waals surface area contributed by atoms with Crippen molar-refractivity contribution in [1.29, 1.82) is 0 Å². The first-order valence-electron chi connectivity index (χ1n) is 5.55. The lowest BCUT2D eigenvalue weighted by molar-refractivity contribution is 1.04. The molecule has 2 heterocycles. The van der Waals surface area contributed by atoms with Crippen LogP contribution in [0.2, 0.25) is 0 Å². The second-order valence-corrected chi connectivity index (χ2v) is 5.61. The van der Waals surface area contributed by atoms with Gasteiger partial charge >= 0.3 is 0 Å². The highest BCUT2D eigenvalue weighted by molar-refractivity contribution is 7.71. The van der Waals surface area contributed by atoms with Gasteiger partial charge in [0.15, 0.2) is 10.6 Å². The monoisotopic (exact) mass is 273 g/mol. The van der Waals surface area contributed by atoms with Crippen LogP contribution in [0.25, 0.3) is 16.4 Å². The Labute approximate surface area is 114 Å². The molecule has 0 aliphatic heterocycles. The molecule has 0 saturated heterocycles. The summed E-state index contributed by atoms with van der Waals surface area (Å²) >= 11 is 7.02. The van der Waals surface area contributed by atoms with Gasteiger partial charge in [-0.15, -0.1) is 11.3 Å². The van der Waals surface area contributed by atoms with Gasteiger partial charge in [0.25, 0.3) is 0 Å². The summed E-state index contributed by atoms with van der Waals surface area (Å²) < 4.78 is 2.57. The van der Waals surface area contributed by atoms with Crippen molar-refractivity contribution in [2.75, 3.05) is 0 Å². The van der Waals surface area contributed by atoms with E-state index in [1.54, 1.807) is 11.3 Å². The minimum atomic E-state index is 0.613. The molecule has 0 saturated carbocycles. The largest absolute Gasteiger partial charge is 0.267 e. The second kappa shape index (κ2) is 4.51. The zero-order valence-corrected chi connectivity index (χ0v) is 11.4. The third-order valence-electron chi connectivity index (χ3n) is 2.65. The fourth-order valence-corrected chi connectivity index (χ4v) is 2.92. The third-order valence-corrected chi connectivity index (χ3v) is 3.92. The van der Waals surface area contributed by atoms with Crippen molar-refractivity contribution in [2.45, 2.75) is 6.92 Å². The molecule has 0 spiro atoms. The minimum Gasteiger partial charge on any atom is -0.267 e. The number of aromatic nitrogens is 3. The van der Waals surface area contributed by atoms with E-state index in [4.69, 9.17) is 12.2 Å². The summed E-state index contributed by atoms with van der Waals surface area (Å²) in [6.07, 6.45) is 0. The number of hydrogen-bond donors (Lipinski definition) is 1. The number of benzene rings is 1. The highest BCUT2D eigenvalue weighted by Crippen LogP contribution is 2.27. The highest BCUT2D eigenvalue weighted by atomic mass is 32.1. The van der Waals surface area contributed by atoms with Crippen molar-refractivity contribution in [3.63, 3.8) is 0 Å². The maximum absolute atomic E-state index is 5.31. The average molecular weight is 273 g/mol. The van der Waals surface area contributed by atoms with E-state index in [0.29, 0.717) is 4.77 Å². The van der Waals surface area contributed by atoms with Crippen LogP contribution in [0.1, 0.15) is 4.88 Å². The van der Waals surface area contributed by atoms with Crippen LogP contribution in [0.4, 0.5) is 0 Å². The van der Waals surface area contributed by atoms with E-state index in [2.05, 4.69) is 29.3 Å². The number of para-hydroxylation sites is 1. The van der Waals surface area contributed by atoms with E-state index < -0.39 is 0 Å². The van der Waals surface area contributed by atoms with E-state index in [0.717, 1.165) is 16.4 Å². The Kier molecular flexibility index (Phi) is 2.85. The standard InChI is InChI=1S/C13H11N3S2/c1-9-7-8-11(18-9)12-14-15-13(17)16(12)10-5-3-2-4-6-10/h2-8H,1H3,(H,15,17). The Hall–Kier alpha value is -1.72. The summed E-state index contributed by atoms with van der Waals surface area (Å²) in [5.74, 6) is 0.865. The molecule has 3 rings (SSSR count). The van der Waals surface area contributed by atoms with Crippen molar-refractivity contribution in [3.8, 4) is 16.4 Å². The van der Waals surface area contributed by atoms with Gasteiger partial charge in [-0.2, -0.15) is 5.10 Å². The second-order valence-electron chi connectivity index (χ2n) is 3.93. The molecule has 0 aliphatic rings. The van der Waals surface area contributed by atoms with Crippen LogP contribution in [0.15, 0.2) is 42.5 Å². The molecule has 2 aromatic heterocycles. The van der Waals surface area contributed by atoms with Gasteiger partial charge in [0.2, 0.25) is 0 Å². The smallest absolute Gasteiger partial charge is 0.200 e. The molecule has 18 heavy (non-hydrogen) atoms. The van der Waals surface area contributed by atoms with Crippen LogP contribution in [-0.4, -0.2) is 14.8 Å². The van der Waals surface area contributed by atoms with Gasteiger partial charge < -0.3 is 0 Å².